The molecule has 1 aromatic carbocycles. The van der Waals surface area contributed by atoms with Crippen LogP contribution in [0.25, 0.3) is 0 Å². The Hall–Kier alpha value is -0.450. The summed E-state index contributed by atoms with van der Waals surface area (Å²) in [6, 6.07) is 6.05. The zero-order chi connectivity index (χ0) is 11.4. The number of hydrogen-bond acceptors (Lipinski definition) is 2. The Morgan fingerprint density at radius 1 is 1.31 bits per heavy atom. The predicted octanol–water partition coefficient (Wildman–Crippen LogP) is 3.87. The highest BCUT2D eigenvalue weighted by Gasteiger charge is 2.14. The minimum absolute atomic E-state index is 0.839. The Kier molecular flexibility index (Phi) is 4.32. The van der Waals surface area contributed by atoms with Crippen LogP contribution in [0.15, 0.2) is 18.2 Å². The van der Waals surface area contributed by atoms with Gasteiger partial charge in [-0.25, -0.2) is 0 Å². The fourth-order valence-corrected chi connectivity index (χ4v) is 3.11. The summed E-state index contributed by atoms with van der Waals surface area (Å²) in [6.07, 6.45) is 7.04. The van der Waals surface area contributed by atoms with Gasteiger partial charge < -0.3 is 11.1 Å². The van der Waals surface area contributed by atoms with Crippen molar-refractivity contribution in [1.82, 2.24) is 0 Å². The first-order chi connectivity index (χ1) is 7.75. The summed E-state index contributed by atoms with van der Waals surface area (Å²) in [5, 5.41) is 3.50. The van der Waals surface area contributed by atoms with Crippen LogP contribution in [0.5, 0.6) is 0 Å². The quantitative estimate of drug-likeness (QED) is 0.650. The van der Waals surface area contributed by atoms with E-state index in [-0.39, 0.29) is 0 Å². The Morgan fingerprint density at radius 3 is 2.75 bits per heavy atom. The monoisotopic (exact) mass is 330 g/mol. The van der Waals surface area contributed by atoms with Crippen molar-refractivity contribution in [3.8, 4) is 0 Å². The van der Waals surface area contributed by atoms with Crippen LogP contribution in [0.1, 0.15) is 32.1 Å². The summed E-state index contributed by atoms with van der Waals surface area (Å²) in [7, 11) is 0. The van der Waals surface area contributed by atoms with Gasteiger partial charge in [-0.2, -0.15) is 0 Å². The fraction of sp³-hybridized carbons (Fsp3) is 0.538. The van der Waals surface area contributed by atoms with Crippen LogP contribution in [-0.4, -0.2) is 6.54 Å². The third-order valence-electron chi connectivity index (χ3n) is 3.34. The van der Waals surface area contributed by atoms with E-state index < -0.39 is 0 Å². The van der Waals surface area contributed by atoms with E-state index in [1.807, 2.05) is 12.1 Å². The molecule has 1 saturated carbocycles. The van der Waals surface area contributed by atoms with Gasteiger partial charge in [0, 0.05) is 21.5 Å². The molecule has 0 unspecified atom stereocenters. The average molecular weight is 330 g/mol. The number of anilines is 2. The van der Waals surface area contributed by atoms with Crippen molar-refractivity contribution in [1.29, 1.82) is 0 Å². The third kappa shape index (κ3) is 3.27. The van der Waals surface area contributed by atoms with Gasteiger partial charge in [-0.1, -0.05) is 25.7 Å². The van der Waals surface area contributed by atoms with Crippen LogP contribution in [0, 0.1) is 9.49 Å². The zero-order valence-corrected chi connectivity index (χ0v) is 11.7. The molecule has 16 heavy (non-hydrogen) atoms. The average Bonchev–Trinajstić information content (AvgIpc) is 2.74. The third-order valence-corrected chi connectivity index (χ3v) is 4.23. The predicted molar refractivity (Wildman–Crippen MR) is 78.6 cm³/mol. The first-order valence-corrected chi connectivity index (χ1v) is 7.12. The first-order valence-electron chi connectivity index (χ1n) is 6.04. The van der Waals surface area contributed by atoms with E-state index in [9.17, 15) is 0 Å². The molecule has 1 fully saturated rings. The van der Waals surface area contributed by atoms with Crippen molar-refractivity contribution in [3.05, 3.63) is 21.8 Å². The second kappa shape index (κ2) is 5.75. The lowest BCUT2D eigenvalue weighted by Crippen LogP contribution is -2.07. The molecule has 0 amide bonds. The molecule has 3 N–H and O–H groups in total. The molecule has 2 nitrogen and oxygen atoms in total. The number of rotatable bonds is 4. The summed E-state index contributed by atoms with van der Waals surface area (Å²) in [6.45, 7) is 1.09. The molecule has 1 aromatic rings. The van der Waals surface area contributed by atoms with Crippen molar-refractivity contribution < 1.29 is 0 Å². The highest BCUT2D eigenvalue weighted by atomic mass is 127. The van der Waals surface area contributed by atoms with Crippen LogP contribution in [-0.2, 0) is 0 Å². The SMILES string of the molecule is Nc1ccc(NCCC2CCCC2)c(I)c1. The van der Waals surface area contributed by atoms with E-state index >= 15 is 0 Å². The Morgan fingerprint density at radius 2 is 2.06 bits per heavy atom. The van der Waals surface area contributed by atoms with E-state index in [2.05, 4.69) is 34.0 Å². The molecule has 1 aliphatic rings. The highest BCUT2D eigenvalue weighted by Crippen LogP contribution is 2.28. The van der Waals surface area contributed by atoms with Crippen LogP contribution >= 0.6 is 22.6 Å². The van der Waals surface area contributed by atoms with E-state index in [1.165, 1.54) is 41.4 Å². The summed E-state index contributed by atoms with van der Waals surface area (Å²) in [5.41, 5.74) is 7.78. The molecule has 2 rings (SSSR count). The standard InChI is InChI=1S/C13H19IN2/c14-12-9-11(15)5-6-13(12)16-8-7-10-3-1-2-4-10/h5-6,9-10,16H,1-4,7-8,15H2. The minimum atomic E-state index is 0.839. The van der Waals surface area contributed by atoms with Gasteiger partial charge >= 0.3 is 0 Å². The maximum absolute atomic E-state index is 5.72. The first kappa shape index (κ1) is 12.0. The van der Waals surface area contributed by atoms with E-state index in [1.54, 1.807) is 0 Å². The number of nitrogens with two attached hydrogens (primary N) is 1. The fourth-order valence-electron chi connectivity index (χ4n) is 2.38. The molecule has 0 bridgehead atoms. The van der Waals surface area contributed by atoms with Crippen LogP contribution in [0.2, 0.25) is 0 Å². The van der Waals surface area contributed by atoms with E-state index in [0.29, 0.717) is 0 Å². The van der Waals surface area contributed by atoms with Crippen molar-refractivity contribution in [2.75, 3.05) is 17.6 Å². The number of halogens is 1. The molecule has 0 spiro atoms. The molecule has 0 radical (unpaired) electrons. The summed E-state index contributed by atoms with van der Waals surface area (Å²) < 4.78 is 1.21. The van der Waals surface area contributed by atoms with Gasteiger partial charge in [0.1, 0.15) is 0 Å². The maximum Gasteiger partial charge on any atom is 0.0477 e. The minimum Gasteiger partial charge on any atom is -0.399 e. The summed E-state index contributed by atoms with van der Waals surface area (Å²) >= 11 is 2.33. The van der Waals surface area contributed by atoms with Crippen LogP contribution in [0.4, 0.5) is 11.4 Å². The molecule has 0 aliphatic heterocycles. The second-order valence-electron chi connectivity index (χ2n) is 4.61. The van der Waals surface area contributed by atoms with Gasteiger partial charge in [0.2, 0.25) is 0 Å². The summed E-state index contributed by atoms with van der Waals surface area (Å²) in [5.74, 6) is 0.957. The number of benzene rings is 1. The largest absolute Gasteiger partial charge is 0.399 e. The van der Waals surface area contributed by atoms with E-state index in [0.717, 1.165) is 18.2 Å². The molecular formula is C13H19IN2. The molecule has 0 heterocycles. The second-order valence-corrected chi connectivity index (χ2v) is 5.77. The Labute approximate surface area is 111 Å². The number of hydrogen-bond donors (Lipinski definition) is 2. The van der Waals surface area contributed by atoms with Gasteiger partial charge in [0.05, 0.1) is 0 Å². The van der Waals surface area contributed by atoms with Crippen LogP contribution < -0.4 is 11.1 Å². The van der Waals surface area contributed by atoms with Crippen molar-refractivity contribution >= 4 is 34.0 Å². The number of nitrogen functional groups attached to an aromatic ring is 1. The molecule has 1 aliphatic carbocycles. The molecule has 0 saturated heterocycles. The lowest BCUT2D eigenvalue weighted by Gasteiger charge is -2.12. The van der Waals surface area contributed by atoms with Crippen molar-refractivity contribution in [3.63, 3.8) is 0 Å². The molecule has 3 heteroatoms. The van der Waals surface area contributed by atoms with Gasteiger partial charge in [-0.05, 0) is 53.1 Å². The lowest BCUT2D eigenvalue weighted by atomic mass is 10.0. The topological polar surface area (TPSA) is 38.0 Å². The molecule has 88 valence electrons. The number of nitrogens with one attached hydrogen (secondary N) is 1. The lowest BCUT2D eigenvalue weighted by molar-refractivity contribution is 0.518. The van der Waals surface area contributed by atoms with Gasteiger partial charge in [0.25, 0.3) is 0 Å². The van der Waals surface area contributed by atoms with Gasteiger partial charge in [0.15, 0.2) is 0 Å². The normalized spacial score (nSPS) is 16.6. The highest BCUT2D eigenvalue weighted by molar-refractivity contribution is 14.1. The Balaban J connectivity index is 1.80. The van der Waals surface area contributed by atoms with Gasteiger partial charge in [-0.15, -0.1) is 0 Å². The maximum atomic E-state index is 5.72. The smallest absolute Gasteiger partial charge is 0.0477 e. The van der Waals surface area contributed by atoms with Crippen molar-refractivity contribution in [2.24, 2.45) is 5.92 Å². The Bertz CT molecular complexity index is 346. The van der Waals surface area contributed by atoms with Gasteiger partial charge in [-0.3, -0.25) is 0 Å². The van der Waals surface area contributed by atoms with E-state index in [4.69, 9.17) is 5.73 Å². The molecule has 0 aromatic heterocycles. The summed E-state index contributed by atoms with van der Waals surface area (Å²) in [4.78, 5) is 0. The zero-order valence-electron chi connectivity index (χ0n) is 9.51. The molecular weight excluding hydrogens is 311 g/mol. The molecule has 0 atom stereocenters. The van der Waals surface area contributed by atoms with Crippen molar-refractivity contribution in [2.45, 2.75) is 32.1 Å². The van der Waals surface area contributed by atoms with Crippen LogP contribution in [0.3, 0.4) is 0 Å².